The number of hydrogen-bond donors (Lipinski definition) is 0. The van der Waals surface area contributed by atoms with Gasteiger partial charge in [-0.15, -0.1) is 0 Å². The molecular weight excluding hydrogens is 450 g/mol. The average Bonchev–Trinajstić information content (AvgIpc) is 3.11. The maximum absolute atomic E-state index is 13.3. The van der Waals surface area contributed by atoms with E-state index in [2.05, 4.69) is 5.10 Å². The van der Waals surface area contributed by atoms with E-state index in [0.29, 0.717) is 27.2 Å². The van der Waals surface area contributed by atoms with E-state index < -0.39 is 11.8 Å². The number of carbonyl (C=O) groups is 1. The predicted octanol–water partition coefficient (Wildman–Crippen LogP) is 7.13. The predicted molar refractivity (Wildman–Crippen MR) is 124 cm³/mol. The number of nitrogens with zero attached hydrogens (tertiary/aromatic N) is 2. The third kappa shape index (κ3) is 4.40. The number of aromatic nitrogens is 2. The fourth-order valence-electron chi connectivity index (χ4n) is 3.47. The van der Waals surface area contributed by atoms with Crippen LogP contribution < -0.4 is 4.74 Å². The van der Waals surface area contributed by atoms with Crippen molar-refractivity contribution >= 4 is 29.2 Å². The van der Waals surface area contributed by atoms with Gasteiger partial charge in [0.25, 0.3) is 0 Å². The lowest BCUT2D eigenvalue weighted by molar-refractivity contribution is 0.0717. The van der Waals surface area contributed by atoms with E-state index in [4.69, 9.17) is 27.9 Å². The number of esters is 1. The van der Waals surface area contributed by atoms with Crippen LogP contribution >= 0.6 is 23.2 Å². The number of carbonyl (C=O) groups excluding carboxylic acids is 1. The van der Waals surface area contributed by atoms with Gasteiger partial charge < -0.3 is 4.74 Å². The first-order chi connectivity index (χ1) is 15.3. The van der Waals surface area contributed by atoms with Crippen LogP contribution in [0.5, 0.6) is 5.88 Å². The van der Waals surface area contributed by atoms with Gasteiger partial charge in [-0.1, -0.05) is 59.6 Å². The van der Waals surface area contributed by atoms with Gasteiger partial charge in [0, 0.05) is 0 Å². The topological polar surface area (TPSA) is 44.1 Å². The van der Waals surface area contributed by atoms with Gasteiger partial charge in [0.05, 0.1) is 32.9 Å². The molecule has 162 valence electrons. The van der Waals surface area contributed by atoms with Crippen LogP contribution in [0.1, 0.15) is 34.6 Å². The Morgan fingerprint density at radius 2 is 1.69 bits per heavy atom. The first-order valence-corrected chi connectivity index (χ1v) is 10.7. The van der Waals surface area contributed by atoms with Crippen LogP contribution in [0.3, 0.4) is 0 Å². The molecule has 0 amide bonds. The zero-order valence-corrected chi connectivity index (χ0v) is 18.9. The van der Waals surface area contributed by atoms with E-state index >= 15 is 0 Å². The van der Waals surface area contributed by atoms with Gasteiger partial charge in [0.15, 0.2) is 0 Å². The van der Waals surface area contributed by atoms with Crippen LogP contribution in [-0.4, -0.2) is 15.7 Å². The van der Waals surface area contributed by atoms with Gasteiger partial charge in [-0.05, 0) is 61.4 Å². The maximum atomic E-state index is 13.3. The van der Waals surface area contributed by atoms with Gasteiger partial charge in [-0.25, -0.2) is 13.9 Å². The molecule has 1 aromatic heterocycles. The van der Waals surface area contributed by atoms with Crippen molar-refractivity contribution in [2.24, 2.45) is 0 Å². The molecule has 32 heavy (non-hydrogen) atoms. The minimum atomic E-state index is -0.607. The van der Waals surface area contributed by atoms with Crippen molar-refractivity contribution in [3.05, 3.63) is 105 Å². The lowest BCUT2D eigenvalue weighted by Crippen LogP contribution is -2.16. The summed E-state index contributed by atoms with van der Waals surface area (Å²) in [4.78, 5) is 12.9. The van der Waals surface area contributed by atoms with Gasteiger partial charge in [0.2, 0.25) is 5.88 Å². The van der Waals surface area contributed by atoms with E-state index in [1.807, 2.05) is 50.2 Å². The summed E-state index contributed by atoms with van der Waals surface area (Å²) in [5.41, 5.74) is 3.34. The van der Waals surface area contributed by atoms with Crippen molar-refractivity contribution in [3.63, 3.8) is 0 Å². The summed E-state index contributed by atoms with van der Waals surface area (Å²) in [6.45, 7) is 3.78. The minimum absolute atomic E-state index is 0.234. The number of benzene rings is 3. The summed E-state index contributed by atoms with van der Waals surface area (Å²) in [6, 6.07) is 19.8. The summed E-state index contributed by atoms with van der Waals surface area (Å²) in [6.07, 6.45) is 0. The lowest BCUT2D eigenvalue weighted by Gasteiger charge is -2.17. The Bertz CT molecular complexity index is 1270. The second kappa shape index (κ2) is 9.15. The molecule has 0 N–H and O–H groups in total. The molecule has 0 fully saturated rings. The number of halogens is 3. The molecule has 0 bridgehead atoms. The van der Waals surface area contributed by atoms with E-state index in [0.717, 1.165) is 11.1 Å². The highest BCUT2D eigenvalue weighted by molar-refractivity contribution is 6.42. The zero-order valence-electron chi connectivity index (χ0n) is 17.4. The summed E-state index contributed by atoms with van der Waals surface area (Å²) >= 11 is 12.3. The Morgan fingerprint density at radius 3 is 2.34 bits per heavy atom. The number of hydrogen-bond acceptors (Lipinski definition) is 3. The summed E-state index contributed by atoms with van der Waals surface area (Å²) < 4.78 is 20.8. The van der Waals surface area contributed by atoms with Crippen LogP contribution in [0.2, 0.25) is 10.0 Å². The second-order valence-corrected chi connectivity index (χ2v) is 8.14. The molecule has 7 heteroatoms. The molecule has 0 saturated carbocycles. The van der Waals surface area contributed by atoms with E-state index in [1.54, 1.807) is 16.8 Å². The number of aryl methyl sites for hydroxylation is 1. The molecule has 0 aliphatic heterocycles. The lowest BCUT2D eigenvalue weighted by atomic mass is 10.1. The fraction of sp³-hybridized carbons (Fsp3) is 0.120. The Hall–Kier alpha value is -3.15. The molecule has 0 spiro atoms. The first-order valence-electron chi connectivity index (χ1n) is 9.92. The van der Waals surface area contributed by atoms with Gasteiger partial charge in [0.1, 0.15) is 5.82 Å². The molecule has 3 aromatic carbocycles. The third-order valence-electron chi connectivity index (χ3n) is 5.17. The van der Waals surface area contributed by atoms with Gasteiger partial charge in [-0.2, -0.15) is 5.10 Å². The van der Waals surface area contributed by atoms with E-state index in [1.165, 1.54) is 24.3 Å². The summed E-state index contributed by atoms with van der Waals surface area (Å²) in [5.74, 6) is -0.744. The molecule has 4 aromatic rings. The molecule has 0 aliphatic rings. The molecule has 0 radical (unpaired) electrons. The Morgan fingerprint density at radius 1 is 1.00 bits per heavy atom. The van der Waals surface area contributed by atoms with Gasteiger partial charge in [-0.3, -0.25) is 0 Å². The Kier molecular flexibility index (Phi) is 6.31. The van der Waals surface area contributed by atoms with Crippen LogP contribution in [0.4, 0.5) is 4.39 Å². The SMILES string of the molecule is Cc1nn(C(C)c2ccc(Cl)c(Cl)c2)c(OC(=O)c2ccc(F)cc2)c1-c1ccccc1. The average molecular weight is 469 g/mol. The van der Waals surface area contributed by atoms with Crippen molar-refractivity contribution in [3.8, 4) is 17.0 Å². The second-order valence-electron chi connectivity index (χ2n) is 7.32. The maximum Gasteiger partial charge on any atom is 0.344 e. The third-order valence-corrected chi connectivity index (χ3v) is 5.91. The highest BCUT2D eigenvalue weighted by Gasteiger charge is 2.25. The van der Waals surface area contributed by atoms with Gasteiger partial charge >= 0.3 is 5.97 Å². The molecule has 4 nitrogen and oxygen atoms in total. The first kappa shape index (κ1) is 22.1. The van der Waals surface area contributed by atoms with Crippen molar-refractivity contribution in [1.29, 1.82) is 0 Å². The smallest absolute Gasteiger partial charge is 0.344 e. The van der Waals surface area contributed by atoms with Crippen molar-refractivity contribution in [1.82, 2.24) is 9.78 Å². The normalized spacial score (nSPS) is 11.9. The molecule has 4 rings (SSSR count). The van der Waals surface area contributed by atoms with Crippen molar-refractivity contribution in [2.45, 2.75) is 19.9 Å². The van der Waals surface area contributed by atoms with Crippen LogP contribution in [0.15, 0.2) is 72.8 Å². The largest absolute Gasteiger partial charge is 0.403 e. The molecule has 0 aliphatic carbocycles. The molecule has 1 unspecified atom stereocenters. The van der Waals surface area contributed by atoms with Crippen LogP contribution in [0.25, 0.3) is 11.1 Å². The highest BCUT2D eigenvalue weighted by Crippen LogP contribution is 2.38. The van der Waals surface area contributed by atoms with Crippen LogP contribution in [0, 0.1) is 12.7 Å². The fourth-order valence-corrected chi connectivity index (χ4v) is 3.78. The Balaban J connectivity index is 1.82. The quantitative estimate of drug-likeness (QED) is 0.292. The highest BCUT2D eigenvalue weighted by atomic mass is 35.5. The molecule has 1 heterocycles. The number of rotatable bonds is 5. The molecule has 0 saturated heterocycles. The van der Waals surface area contributed by atoms with Crippen molar-refractivity contribution in [2.75, 3.05) is 0 Å². The number of ether oxygens (including phenoxy) is 1. The minimum Gasteiger partial charge on any atom is -0.403 e. The summed E-state index contributed by atoms with van der Waals surface area (Å²) in [7, 11) is 0. The Labute approximate surface area is 195 Å². The standard InChI is InChI=1S/C25H19Cl2FN2O2/c1-15-23(17-6-4-3-5-7-17)24(32-25(31)18-8-11-20(28)12-9-18)30(29-15)16(2)19-10-13-21(26)22(27)14-19/h3-14,16H,1-2H3. The molecular formula is C25H19Cl2FN2O2. The van der Waals surface area contributed by atoms with Crippen LogP contribution in [-0.2, 0) is 0 Å². The van der Waals surface area contributed by atoms with Crippen molar-refractivity contribution < 1.29 is 13.9 Å². The van der Waals surface area contributed by atoms with E-state index in [-0.39, 0.29) is 11.6 Å². The van der Waals surface area contributed by atoms with E-state index in [9.17, 15) is 9.18 Å². The zero-order chi connectivity index (χ0) is 22.8. The molecule has 1 atom stereocenters. The monoisotopic (exact) mass is 468 g/mol. The summed E-state index contributed by atoms with van der Waals surface area (Å²) in [5, 5.41) is 5.55.